The standard InChI is InChI=1S/C8H16O2S2/c1-8(2,3)11-7-4-5-12(9,10)6-7/h7H,4-6H2,1-3H3/t7-/m1/s1. The average Bonchev–Trinajstić information content (AvgIpc) is 2.05. The van der Waals surface area contributed by atoms with Gasteiger partial charge in [0.15, 0.2) is 9.84 Å². The first kappa shape index (κ1) is 10.4. The molecule has 0 aromatic rings. The second-order valence-electron chi connectivity index (χ2n) is 4.26. The van der Waals surface area contributed by atoms with E-state index in [2.05, 4.69) is 20.8 Å². The van der Waals surface area contributed by atoms with Crippen LogP contribution < -0.4 is 0 Å². The van der Waals surface area contributed by atoms with Gasteiger partial charge >= 0.3 is 0 Å². The smallest absolute Gasteiger partial charge is 0.151 e. The topological polar surface area (TPSA) is 34.1 Å². The van der Waals surface area contributed by atoms with E-state index in [1.807, 2.05) is 0 Å². The van der Waals surface area contributed by atoms with E-state index >= 15 is 0 Å². The quantitative estimate of drug-likeness (QED) is 0.658. The first-order valence-electron chi connectivity index (χ1n) is 4.17. The van der Waals surface area contributed by atoms with Crippen LogP contribution in [0.25, 0.3) is 0 Å². The minimum atomic E-state index is -2.69. The minimum absolute atomic E-state index is 0.185. The Hall–Kier alpha value is 0.300. The Morgan fingerprint density at radius 1 is 1.33 bits per heavy atom. The Labute approximate surface area is 79.0 Å². The molecule has 1 rings (SSSR count). The molecule has 0 aromatic carbocycles. The molecule has 0 aliphatic carbocycles. The summed E-state index contributed by atoms with van der Waals surface area (Å²) in [6, 6.07) is 0. The van der Waals surface area contributed by atoms with Crippen molar-refractivity contribution >= 4 is 21.6 Å². The molecule has 1 aliphatic heterocycles. The average molecular weight is 208 g/mol. The molecule has 72 valence electrons. The lowest BCUT2D eigenvalue weighted by atomic mass is 10.3. The van der Waals surface area contributed by atoms with E-state index in [9.17, 15) is 8.42 Å². The van der Waals surface area contributed by atoms with Crippen LogP contribution in [0.2, 0.25) is 0 Å². The van der Waals surface area contributed by atoms with Crippen molar-refractivity contribution in [2.75, 3.05) is 11.5 Å². The van der Waals surface area contributed by atoms with Gasteiger partial charge in [0.1, 0.15) is 0 Å². The summed E-state index contributed by atoms with van der Waals surface area (Å²) in [5, 5.41) is 0.329. The van der Waals surface area contributed by atoms with Crippen molar-refractivity contribution in [2.24, 2.45) is 0 Å². The minimum Gasteiger partial charge on any atom is -0.229 e. The zero-order valence-electron chi connectivity index (χ0n) is 7.83. The van der Waals surface area contributed by atoms with Crippen LogP contribution in [0.3, 0.4) is 0 Å². The van der Waals surface area contributed by atoms with Crippen molar-refractivity contribution in [3.8, 4) is 0 Å². The molecule has 0 saturated carbocycles. The van der Waals surface area contributed by atoms with Crippen molar-refractivity contribution in [3.63, 3.8) is 0 Å². The van der Waals surface area contributed by atoms with Gasteiger partial charge in [0.25, 0.3) is 0 Å². The monoisotopic (exact) mass is 208 g/mol. The SMILES string of the molecule is CC(C)(C)S[C@@H]1CCS(=O)(=O)C1. The highest BCUT2D eigenvalue weighted by Gasteiger charge is 2.31. The Balaban J connectivity index is 2.49. The molecule has 0 radical (unpaired) electrons. The van der Waals surface area contributed by atoms with Gasteiger partial charge in [-0.05, 0) is 6.42 Å². The summed E-state index contributed by atoms with van der Waals surface area (Å²) in [7, 11) is -2.69. The zero-order chi connectivity index (χ0) is 9.41. The van der Waals surface area contributed by atoms with Crippen LogP contribution in [-0.4, -0.2) is 29.9 Å². The Morgan fingerprint density at radius 3 is 2.25 bits per heavy atom. The van der Waals surface area contributed by atoms with Crippen molar-refractivity contribution in [3.05, 3.63) is 0 Å². The first-order chi connectivity index (χ1) is 5.29. The van der Waals surface area contributed by atoms with Crippen molar-refractivity contribution in [2.45, 2.75) is 37.2 Å². The van der Waals surface area contributed by atoms with Gasteiger partial charge in [0.2, 0.25) is 0 Å². The fraction of sp³-hybridized carbons (Fsp3) is 1.00. The van der Waals surface area contributed by atoms with E-state index in [0.29, 0.717) is 16.8 Å². The van der Waals surface area contributed by atoms with Crippen LogP contribution in [-0.2, 0) is 9.84 Å². The molecule has 1 aliphatic rings. The summed E-state index contributed by atoms with van der Waals surface area (Å²) in [4.78, 5) is 0. The Bertz CT molecular complexity index is 249. The molecule has 0 unspecified atom stereocenters. The maximum absolute atomic E-state index is 11.1. The summed E-state index contributed by atoms with van der Waals surface area (Å²) >= 11 is 1.79. The molecule has 2 nitrogen and oxygen atoms in total. The van der Waals surface area contributed by atoms with E-state index < -0.39 is 9.84 Å². The number of sulfone groups is 1. The molecule has 0 spiro atoms. The summed E-state index contributed by atoms with van der Waals surface area (Å²) in [6.45, 7) is 6.38. The van der Waals surface area contributed by atoms with Gasteiger partial charge in [-0.1, -0.05) is 20.8 Å². The second kappa shape index (κ2) is 3.22. The molecule has 1 atom stereocenters. The molecule has 0 aromatic heterocycles. The summed E-state index contributed by atoms with van der Waals surface area (Å²) in [6.07, 6.45) is 0.838. The molecule has 0 N–H and O–H groups in total. The van der Waals surface area contributed by atoms with Gasteiger partial charge in [-0.25, -0.2) is 8.42 Å². The predicted octanol–water partition coefficient (Wildman–Crippen LogP) is 1.71. The van der Waals surface area contributed by atoms with E-state index in [1.165, 1.54) is 0 Å². The van der Waals surface area contributed by atoms with E-state index in [4.69, 9.17) is 0 Å². The maximum Gasteiger partial charge on any atom is 0.151 e. The third-order valence-corrected chi connectivity index (χ3v) is 5.13. The van der Waals surface area contributed by atoms with Gasteiger partial charge < -0.3 is 0 Å². The molecular formula is C8H16O2S2. The molecule has 4 heteroatoms. The van der Waals surface area contributed by atoms with Gasteiger partial charge in [-0.2, -0.15) is 11.8 Å². The zero-order valence-corrected chi connectivity index (χ0v) is 9.46. The third-order valence-electron chi connectivity index (χ3n) is 1.71. The van der Waals surface area contributed by atoms with Crippen molar-refractivity contribution < 1.29 is 8.42 Å². The number of thioether (sulfide) groups is 1. The van der Waals surface area contributed by atoms with Crippen LogP contribution in [0.4, 0.5) is 0 Å². The van der Waals surface area contributed by atoms with Crippen molar-refractivity contribution in [1.29, 1.82) is 0 Å². The van der Waals surface area contributed by atoms with Crippen LogP contribution in [0.5, 0.6) is 0 Å². The predicted molar refractivity (Wildman–Crippen MR) is 54.4 cm³/mol. The van der Waals surface area contributed by atoms with Gasteiger partial charge in [-0.3, -0.25) is 0 Å². The van der Waals surface area contributed by atoms with Gasteiger partial charge in [-0.15, -0.1) is 0 Å². The second-order valence-corrected chi connectivity index (χ2v) is 8.61. The van der Waals surface area contributed by atoms with E-state index in [-0.39, 0.29) is 4.75 Å². The summed E-state index contributed by atoms with van der Waals surface area (Å²) < 4.78 is 22.4. The molecule has 12 heavy (non-hydrogen) atoms. The maximum atomic E-state index is 11.1. The first-order valence-corrected chi connectivity index (χ1v) is 6.87. The lowest BCUT2D eigenvalue weighted by Gasteiger charge is -2.21. The highest BCUT2D eigenvalue weighted by Crippen LogP contribution is 2.33. The fourth-order valence-electron chi connectivity index (χ4n) is 1.35. The number of rotatable bonds is 1. The number of hydrogen-bond acceptors (Lipinski definition) is 3. The van der Waals surface area contributed by atoms with Gasteiger partial charge in [0.05, 0.1) is 11.5 Å². The Morgan fingerprint density at radius 2 is 1.92 bits per heavy atom. The normalized spacial score (nSPS) is 29.1. The molecule has 0 bridgehead atoms. The van der Waals surface area contributed by atoms with Crippen LogP contribution in [0, 0.1) is 0 Å². The number of hydrogen-bond donors (Lipinski definition) is 0. The summed E-state index contributed by atoms with van der Waals surface area (Å²) in [5.41, 5.74) is 0. The highest BCUT2D eigenvalue weighted by molar-refractivity contribution is 8.02. The lowest BCUT2D eigenvalue weighted by Crippen LogP contribution is -2.16. The van der Waals surface area contributed by atoms with Crippen LogP contribution in [0.1, 0.15) is 27.2 Å². The molecular weight excluding hydrogens is 192 g/mol. The van der Waals surface area contributed by atoms with Gasteiger partial charge in [0, 0.05) is 10.00 Å². The fourth-order valence-corrected chi connectivity index (χ4v) is 5.18. The highest BCUT2D eigenvalue weighted by atomic mass is 32.2. The molecule has 0 amide bonds. The van der Waals surface area contributed by atoms with E-state index in [0.717, 1.165) is 6.42 Å². The lowest BCUT2D eigenvalue weighted by molar-refractivity contribution is 0.602. The molecule has 1 heterocycles. The Kier molecular flexibility index (Phi) is 2.78. The molecule has 1 fully saturated rings. The largest absolute Gasteiger partial charge is 0.229 e. The van der Waals surface area contributed by atoms with Crippen molar-refractivity contribution in [1.82, 2.24) is 0 Å². The van der Waals surface area contributed by atoms with E-state index in [1.54, 1.807) is 11.8 Å². The summed E-state index contributed by atoms with van der Waals surface area (Å²) in [5.74, 6) is 0.773. The third kappa shape index (κ3) is 3.35. The van der Waals surface area contributed by atoms with Crippen LogP contribution >= 0.6 is 11.8 Å². The molecule has 1 saturated heterocycles. The van der Waals surface area contributed by atoms with Crippen LogP contribution in [0.15, 0.2) is 0 Å².